The molecule has 4 N–H and O–H groups in total. The van der Waals surface area contributed by atoms with Gasteiger partial charge in [-0.25, -0.2) is 0 Å². The van der Waals surface area contributed by atoms with Crippen molar-refractivity contribution in [3.8, 4) is 44.5 Å². The molecule has 0 fully saturated rings. The van der Waals surface area contributed by atoms with Crippen molar-refractivity contribution < 1.29 is 0 Å². The fraction of sp³-hybridized carbons (Fsp3) is 0.261. The van der Waals surface area contributed by atoms with Crippen molar-refractivity contribution in [1.29, 1.82) is 0 Å². The van der Waals surface area contributed by atoms with Crippen LogP contribution < -0.4 is 11.5 Å². The van der Waals surface area contributed by atoms with Gasteiger partial charge in [0.2, 0.25) is 0 Å². The van der Waals surface area contributed by atoms with Crippen molar-refractivity contribution in [1.82, 2.24) is 0 Å². The Morgan fingerprint density at radius 3 is 1.38 bits per heavy atom. The van der Waals surface area contributed by atoms with E-state index in [2.05, 4.69) is 140 Å². The van der Waals surface area contributed by atoms with Crippen LogP contribution in [0, 0.1) is 13.8 Å². The molecule has 0 saturated carbocycles. The van der Waals surface area contributed by atoms with Gasteiger partial charge in [-0.2, -0.15) is 0 Å². The Morgan fingerprint density at radius 1 is 0.354 bits per heavy atom. The Labute approximate surface area is 283 Å². The van der Waals surface area contributed by atoms with Crippen LogP contribution in [0.1, 0.15) is 97.2 Å². The third-order valence-electron chi connectivity index (χ3n) is 12.9. The number of rotatable bonds is 0. The molecule has 48 heavy (non-hydrogen) atoms. The Morgan fingerprint density at radius 2 is 0.729 bits per heavy atom. The van der Waals surface area contributed by atoms with Crippen molar-refractivity contribution in [2.24, 2.45) is 11.5 Å². The number of fused-ring (bicyclic) bond motifs is 15. The molecule has 0 amide bonds. The van der Waals surface area contributed by atoms with E-state index in [1.165, 1.54) is 111 Å². The van der Waals surface area contributed by atoms with Crippen LogP contribution in [0.25, 0.3) is 55.3 Å². The lowest BCUT2D eigenvalue weighted by Gasteiger charge is -2.27. The first-order chi connectivity index (χ1) is 22.6. The average Bonchev–Trinajstić information content (AvgIpc) is 3.59. The predicted molar refractivity (Wildman–Crippen MR) is 201 cm³/mol. The second-order valence-electron chi connectivity index (χ2n) is 16.7. The van der Waals surface area contributed by atoms with E-state index in [1.807, 2.05) is 0 Å². The van der Waals surface area contributed by atoms with Crippen LogP contribution in [-0.2, 0) is 21.9 Å². The molecule has 10 rings (SSSR count). The molecule has 0 heterocycles. The quantitative estimate of drug-likeness (QED) is 0.177. The number of benzene rings is 6. The summed E-state index contributed by atoms with van der Waals surface area (Å²) >= 11 is 0. The van der Waals surface area contributed by atoms with E-state index in [9.17, 15) is 0 Å². The molecule has 6 aromatic carbocycles. The summed E-state index contributed by atoms with van der Waals surface area (Å²) in [5, 5.41) is 2.57. The lowest BCUT2D eigenvalue weighted by Crippen LogP contribution is -2.32. The lowest BCUT2D eigenvalue weighted by molar-refractivity contribution is 0.619. The highest BCUT2D eigenvalue weighted by molar-refractivity contribution is 6.05. The van der Waals surface area contributed by atoms with E-state index < -0.39 is 11.1 Å². The Bertz CT molecular complexity index is 2340. The SMILES string of the molecule is Cc1ccc2c(c1)C(C)(C)c1cc3c(cc1-2)C(C)(N)c1c-3ccc2c3c(ccc12)-c1cc2c(cc1C3(C)C)-c1ccc(C)cc1C2(C)N. The molecule has 2 unspecified atom stereocenters. The molecule has 2 nitrogen and oxygen atoms in total. The van der Waals surface area contributed by atoms with Gasteiger partial charge in [0, 0.05) is 10.8 Å². The first-order valence-corrected chi connectivity index (χ1v) is 17.4. The summed E-state index contributed by atoms with van der Waals surface area (Å²) in [6.45, 7) is 18.3. The molecule has 0 spiro atoms. The smallest absolute Gasteiger partial charge is 0.0655 e. The van der Waals surface area contributed by atoms with Gasteiger partial charge in [0.25, 0.3) is 0 Å². The maximum absolute atomic E-state index is 7.51. The molecule has 0 saturated heterocycles. The van der Waals surface area contributed by atoms with Crippen LogP contribution in [0.3, 0.4) is 0 Å². The summed E-state index contributed by atoms with van der Waals surface area (Å²) in [5.41, 5.74) is 36.7. The highest BCUT2D eigenvalue weighted by Gasteiger charge is 2.46. The number of hydrogen-bond acceptors (Lipinski definition) is 2. The van der Waals surface area contributed by atoms with Crippen LogP contribution in [0.15, 0.2) is 84.9 Å². The molecule has 0 aromatic heterocycles. The lowest BCUT2D eigenvalue weighted by atomic mass is 9.78. The third-order valence-corrected chi connectivity index (χ3v) is 12.9. The summed E-state index contributed by atoms with van der Waals surface area (Å²) in [7, 11) is 0. The third kappa shape index (κ3) is 3.13. The van der Waals surface area contributed by atoms with Gasteiger partial charge in [-0.3, -0.25) is 0 Å². The second kappa shape index (κ2) is 8.37. The predicted octanol–water partition coefficient (Wildman–Crippen LogP) is 10.5. The number of nitrogens with two attached hydrogens (primary N) is 2. The topological polar surface area (TPSA) is 52.0 Å². The van der Waals surface area contributed by atoms with Crippen molar-refractivity contribution in [2.75, 3.05) is 0 Å². The highest BCUT2D eigenvalue weighted by atomic mass is 14.8. The standard InChI is InChI=1S/C46H42N2/c1-23-9-11-25-31-21-40-34(20-36(31)43(3,4)35(25)17-23)30-16-13-27-28(42(30)46(40,8)48)14-15-29-33-22-39-32(19-37(33)44(5,6)41(27)29)26-12-10-24(2)18-38(26)45(39,7)47/h9-22H,47-48H2,1-8H3. The van der Waals surface area contributed by atoms with Crippen LogP contribution >= 0.6 is 0 Å². The maximum Gasteiger partial charge on any atom is 0.0655 e. The Hall–Kier alpha value is -4.50. The fourth-order valence-electron chi connectivity index (χ4n) is 10.4. The molecule has 0 bridgehead atoms. The zero-order valence-electron chi connectivity index (χ0n) is 29.2. The molecule has 2 atom stereocenters. The van der Waals surface area contributed by atoms with Crippen LogP contribution in [0.2, 0.25) is 0 Å². The summed E-state index contributed by atoms with van der Waals surface area (Å²) in [6, 6.07) is 32.8. The van der Waals surface area contributed by atoms with E-state index in [0.29, 0.717) is 0 Å². The maximum atomic E-state index is 7.51. The molecule has 4 aliphatic rings. The van der Waals surface area contributed by atoms with E-state index in [1.54, 1.807) is 0 Å². The largest absolute Gasteiger partial charge is 0.318 e. The van der Waals surface area contributed by atoms with Crippen molar-refractivity contribution >= 4 is 10.8 Å². The molecular weight excluding hydrogens is 581 g/mol. The summed E-state index contributed by atoms with van der Waals surface area (Å²) in [6.07, 6.45) is 0. The van der Waals surface area contributed by atoms with E-state index in [0.717, 1.165) is 0 Å². The number of hydrogen-bond donors (Lipinski definition) is 2. The summed E-state index contributed by atoms with van der Waals surface area (Å²) in [4.78, 5) is 0. The van der Waals surface area contributed by atoms with Crippen molar-refractivity contribution in [3.05, 3.63) is 141 Å². The van der Waals surface area contributed by atoms with E-state index >= 15 is 0 Å². The Balaban J connectivity index is 1.18. The normalized spacial score (nSPS) is 22.5. The fourth-order valence-corrected chi connectivity index (χ4v) is 10.4. The molecule has 0 aliphatic heterocycles. The van der Waals surface area contributed by atoms with Crippen LogP contribution in [0.5, 0.6) is 0 Å². The highest BCUT2D eigenvalue weighted by Crippen LogP contribution is 2.60. The van der Waals surface area contributed by atoms with Gasteiger partial charge in [-0.1, -0.05) is 99.5 Å². The Kier molecular flexibility index (Phi) is 4.97. The monoisotopic (exact) mass is 622 g/mol. The van der Waals surface area contributed by atoms with Crippen LogP contribution in [0.4, 0.5) is 0 Å². The molecule has 4 aliphatic carbocycles. The minimum atomic E-state index is -0.620. The summed E-state index contributed by atoms with van der Waals surface area (Å²) < 4.78 is 0. The molecule has 6 aromatic rings. The minimum absolute atomic E-state index is 0.0633. The molecule has 0 radical (unpaired) electrons. The second-order valence-corrected chi connectivity index (χ2v) is 16.7. The van der Waals surface area contributed by atoms with Gasteiger partial charge >= 0.3 is 0 Å². The van der Waals surface area contributed by atoms with Crippen molar-refractivity contribution in [3.63, 3.8) is 0 Å². The molecule has 2 heteroatoms. The first kappa shape index (κ1) is 28.5. The van der Waals surface area contributed by atoms with Gasteiger partial charge < -0.3 is 11.5 Å². The zero-order chi connectivity index (χ0) is 33.4. The van der Waals surface area contributed by atoms with Gasteiger partial charge in [-0.05, 0) is 152 Å². The van der Waals surface area contributed by atoms with Gasteiger partial charge in [0.05, 0.1) is 11.1 Å². The molecular formula is C46H42N2. The minimum Gasteiger partial charge on any atom is -0.318 e. The molecule has 236 valence electrons. The van der Waals surface area contributed by atoms with Gasteiger partial charge in [0.15, 0.2) is 0 Å². The first-order valence-electron chi connectivity index (χ1n) is 17.4. The zero-order valence-corrected chi connectivity index (χ0v) is 29.2. The van der Waals surface area contributed by atoms with Crippen LogP contribution in [-0.4, -0.2) is 0 Å². The number of aryl methyl sites for hydroxylation is 2. The van der Waals surface area contributed by atoms with Gasteiger partial charge in [-0.15, -0.1) is 0 Å². The summed E-state index contributed by atoms with van der Waals surface area (Å²) in [5.74, 6) is 0. The van der Waals surface area contributed by atoms with E-state index in [-0.39, 0.29) is 10.8 Å². The average molecular weight is 623 g/mol. The van der Waals surface area contributed by atoms with Gasteiger partial charge in [0.1, 0.15) is 0 Å². The van der Waals surface area contributed by atoms with E-state index in [4.69, 9.17) is 11.5 Å². The van der Waals surface area contributed by atoms with Crippen molar-refractivity contribution in [2.45, 2.75) is 77.3 Å².